The number of alkyl halides is 3. The summed E-state index contributed by atoms with van der Waals surface area (Å²) in [6, 6.07) is -1.11. The van der Waals surface area contributed by atoms with Crippen molar-refractivity contribution in [3.8, 4) is 0 Å². The smallest absolute Gasteiger partial charge is 0.370 e. The van der Waals surface area contributed by atoms with Gasteiger partial charge in [0, 0.05) is 13.1 Å². The largest absolute Gasteiger partial charge is 0.451 e. The minimum Gasteiger partial charge on any atom is -0.370 e. The molecule has 1 unspecified atom stereocenters. The SMILES string of the molecule is NC(=O)CC(N)C(=O)N1CCn2c(nnc2C(F)(F)F)C1. The lowest BCUT2D eigenvalue weighted by Gasteiger charge is -2.29. The van der Waals surface area contributed by atoms with Crippen LogP contribution in [0.4, 0.5) is 13.2 Å². The van der Waals surface area contributed by atoms with Crippen LogP contribution in [-0.4, -0.2) is 44.1 Å². The van der Waals surface area contributed by atoms with Crippen LogP contribution in [-0.2, 0) is 28.9 Å². The number of carbonyl (C=O) groups excluding carboxylic acids is 2. The Morgan fingerprint density at radius 3 is 2.52 bits per heavy atom. The van der Waals surface area contributed by atoms with Crippen molar-refractivity contribution in [3.05, 3.63) is 11.6 Å². The average molecular weight is 306 g/mol. The molecule has 4 N–H and O–H groups in total. The zero-order chi connectivity index (χ0) is 15.8. The number of fused-ring (bicyclic) bond motifs is 1. The molecule has 1 atom stereocenters. The number of hydrogen-bond donors (Lipinski definition) is 2. The fraction of sp³-hybridized carbons (Fsp3) is 0.600. The van der Waals surface area contributed by atoms with Gasteiger partial charge in [0.15, 0.2) is 5.82 Å². The first-order valence-corrected chi connectivity index (χ1v) is 6.02. The van der Waals surface area contributed by atoms with Gasteiger partial charge in [-0.2, -0.15) is 13.2 Å². The first-order chi connectivity index (χ1) is 9.70. The van der Waals surface area contributed by atoms with Gasteiger partial charge in [-0.15, -0.1) is 10.2 Å². The van der Waals surface area contributed by atoms with Crippen LogP contribution in [0, 0.1) is 0 Å². The topological polar surface area (TPSA) is 120 Å². The van der Waals surface area contributed by atoms with Gasteiger partial charge in [-0.05, 0) is 0 Å². The number of aromatic nitrogens is 3. The van der Waals surface area contributed by atoms with E-state index in [1.807, 2.05) is 0 Å². The Morgan fingerprint density at radius 2 is 1.95 bits per heavy atom. The zero-order valence-corrected chi connectivity index (χ0v) is 10.8. The van der Waals surface area contributed by atoms with Gasteiger partial charge in [0.2, 0.25) is 17.6 Å². The Labute approximate surface area is 116 Å². The maximum Gasteiger partial charge on any atom is 0.451 e. The minimum absolute atomic E-state index is 0.0215. The Balaban J connectivity index is 2.12. The molecule has 1 aliphatic heterocycles. The predicted octanol–water partition coefficient (Wildman–Crippen LogP) is -1.16. The van der Waals surface area contributed by atoms with Crippen LogP contribution in [0.5, 0.6) is 0 Å². The van der Waals surface area contributed by atoms with E-state index in [0.29, 0.717) is 0 Å². The summed E-state index contributed by atoms with van der Waals surface area (Å²) < 4.78 is 38.9. The molecule has 21 heavy (non-hydrogen) atoms. The van der Waals surface area contributed by atoms with Crippen LogP contribution in [0.25, 0.3) is 0 Å². The molecule has 0 aromatic carbocycles. The summed E-state index contributed by atoms with van der Waals surface area (Å²) in [6.07, 6.45) is -4.92. The third-order valence-electron chi connectivity index (χ3n) is 3.06. The van der Waals surface area contributed by atoms with Gasteiger partial charge in [-0.25, -0.2) is 0 Å². The molecule has 0 fully saturated rings. The molecule has 0 radical (unpaired) electrons. The second-order valence-electron chi connectivity index (χ2n) is 4.63. The standard InChI is InChI=1S/C10H13F3N6O2/c11-10(12,13)9-17-16-7-4-18(1-2-19(7)9)8(21)5(14)3-6(15)20/h5H,1-4,14H2,(H2,15,20). The quantitative estimate of drug-likeness (QED) is 0.730. The average Bonchev–Trinajstić information content (AvgIpc) is 2.79. The molecule has 8 nitrogen and oxygen atoms in total. The van der Waals surface area contributed by atoms with Gasteiger partial charge < -0.3 is 20.9 Å². The summed E-state index contributed by atoms with van der Waals surface area (Å²) in [5, 5.41) is 6.54. The first kappa shape index (κ1) is 15.2. The molecule has 2 heterocycles. The van der Waals surface area contributed by atoms with Gasteiger partial charge in [-0.3, -0.25) is 9.59 Å². The Hall–Kier alpha value is -2.17. The van der Waals surface area contributed by atoms with E-state index in [-0.39, 0.29) is 31.9 Å². The Bertz CT molecular complexity index is 570. The summed E-state index contributed by atoms with van der Waals surface area (Å²) in [7, 11) is 0. The molecule has 0 spiro atoms. The van der Waals surface area contributed by atoms with E-state index in [4.69, 9.17) is 11.5 Å². The Morgan fingerprint density at radius 1 is 1.29 bits per heavy atom. The van der Waals surface area contributed by atoms with Gasteiger partial charge in [0.05, 0.1) is 19.0 Å². The fourth-order valence-electron chi connectivity index (χ4n) is 2.09. The van der Waals surface area contributed by atoms with Crippen molar-refractivity contribution >= 4 is 11.8 Å². The highest BCUT2D eigenvalue weighted by Gasteiger charge is 2.40. The predicted molar refractivity (Wildman–Crippen MR) is 62.2 cm³/mol. The van der Waals surface area contributed by atoms with Gasteiger partial charge in [0.1, 0.15) is 0 Å². The molecule has 11 heteroatoms. The molecule has 0 aliphatic carbocycles. The van der Waals surface area contributed by atoms with Gasteiger partial charge >= 0.3 is 6.18 Å². The van der Waals surface area contributed by atoms with Crippen molar-refractivity contribution < 1.29 is 22.8 Å². The summed E-state index contributed by atoms with van der Waals surface area (Å²) in [6.45, 7) is -0.208. The highest BCUT2D eigenvalue weighted by Crippen LogP contribution is 2.29. The van der Waals surface area contributed by atoms with Crippen LogP contribution >= 0.6 is 0 Å². The van der Waals surface area contributed by atoms with Crippen molar-refractivity contribution in [2.75, 3.05) is 6.54 Å². The second-order valence-corrected chi connectivity index (χ2v) is 4.63. The number of primary amides is 1. The van der Waals surface area contributed by atoms with Crippen LogP contribution in [0.1, 0.15) is 18.1 Å². The van der Waals surface area contributed by atoms with Crippen molar-refractivity contribution in [3.63, 3.8) is 0 Å². The van der Waals surface area contributed by atoms with E-state index in [1.165, 1.54) is 4.90 Å². The maximum absolute atomic E-state index is 12.7. The third-order valence-corrected chi connectivity index (χ3v) is 3.06. The lowest BCUT2D eigenvalue weighted by molar-refractivity contribution is -0.148. The lowest BCUT2D eigenvalue weighted by Crippen LogP contribution is -2.48. The molecule has 1 aliphatic rings. The van der Waals surface area contributed by atoms with Crippen LogP contribution in [0.2, 0.25) is 0 Å². The second kappa shape index (κ2) is 5.31. The molecule has 116 valence electrons. The monoisotopic (exact) mass is 306 g/mol. The van der Waals surface area contributed by atoms with Gasteiger partial charge in [-0.1, -0.05) is 0 Å². The lowest BCUT2D eigenvalue weighted by atomic mass is 10.1. The van der Waals surface area contributed by atoms with Crippen LogP contribution in [0.3, 0.4) is 0 Å². The normalized spacial score (nSPS) is 16.5. The van der Waals surface area contributed by atoms with Crippen molar-refractivity contribution in [2.24, 2.45) is 11.5 Å². The molecule has 0 saturated heterocycles. The molecule has 2 rings (SSSR count). The number of halogens is 3. The first-order valence-electron chi connectivity index (χ1n) is 6.02. The number of hydrogen-bond acceptors (Lipinski definition) is 5. The zero-order valence-electron chi connectivity index (χ0n) is 10.8. The summed E-state index contributed by atoms with van der Waals surface area (Å²) in [4.78, 5) is 23.9. The fourth-order valence-corrected chi connectivity index (χ4v) is 2.09. The summed E-state index contributed by atoms with van der Waals surface area (Å²) in [5.41, 5.74) is 10.5. The Kier molecular flexibility index (Phi) is 3.85. The number of amides is 2. The molecule has 0 bridgehead atoms. The molecular weight excluding hydrogens is 293 g/mol. The van der Waals surface area contributed by atoms with Crippen LogP contribution in [0.15, 0.2) is 0 Å². The van der Waals surface area contributed by atoms with Crippen molar-refractivity contribution in [1.82, 2.24) is 19.7 Å². The van der Waals surface area contributed by atoms with E-state index in [1.54, 1.807) is 0 Å². The van der Waals surface area contributed by atoms with Crippen molar-refractivity contribution in [2.45, 2.75) is 31.7 Å². The highest BCUT2D eigenvalue weighted by atomic mass is 19.4. The summed E-state index contributed by atoms with van der Waals surface area (Å²) in [5.74, 6) is -2.36. The van der Waals surface area contributed by atoms with E-state index in [2.05, 4.69) is 10.2 Å². The molecule has 1 aromatic heterocycles. The number of nitrogens with two attached hydrogens (primary N) is 2. The van der Waals surface area contributed by atoms with E-state index in [0.717, 1.165) is 4.57 Å². The van der Waals surface area contributed by atoms with Crippen LogP contribution < -0.4 is 11.5 Å². The molecule has 1 aromatic rings. The third kappa shape index (κ3) is 3.12. The van der Waals surface area contributed by atoms with Crippen molar-refractivity contribution in [1.29, 1.82) is 0 Å². The summed E-state index contributed by atoms with van der Waals surface area (Å²) >= 11 is 0. The molecule has 2 amide bonds. The van der Waals surface area contributed by atoms with E-state index < -0.39 is 29.9 Å². The van der Waals surface area contributed by atoms with E-state index in [9.17, 15) is 22.8 Å². The van der Waals surface area contributed by atoms with Gasteiger partial charge in [0.25, 0.3) is 0 Å². The minimum atomic E-state index is -4.60. The molecule has 0 saturated carbocycles. The molecular formula is C10H13F3N6O2. The number of nitrogens with zero attached hydrogens (tertiary/aromatic N) is 4. The highest BCUT2D eigenvalue weighted by molar-refractivity contribution is 5.87. The van der Waals surface area contributed by atoms with E-state index >= 15 is 0 Å². The number of rotatable bonds is 3. The maximum atomic E-state index is 12.7. The number of carbonyl (C=O) groups is 2.